The molecule has 0 bridgehead atoms. The van der Waals surface area contributed by atoms with Crippen molar-refractivity contribution in [2.45, 2.75) is 66.3 Å². The van der Waals surface area contributed by atoms with E-state index in [2.05, 4.69) is 51.9 Å². The molecule has 0 saturated carbocycles. The van der Waals surface area contributed by atoms with E-state index >= 15 is 0 Å². The van der Waals surface area contributed by atoms with E-state index in [1.165, 1.54) is 28.5 Å². The molecule has 0 aliphatic heterocycles. The van der Waals surface area contributed by atoms with Gasteiger partial charge in [0.25, 0.3) is 0 Å². The van der Waals surface area contributed by atoms with Gasteiger partial charge in [-0.3, -0.25) is 0 Å². The van der Waals surface area contributed by atoms with Gasteiger partial charge in [-0.1, -0.05) is 41.0 Å². The quantitative estimate of drug-likeness (QED) is 0.682. The molecule has 0 radical (unpaired) electrons. The number of rotatable bonds is 10. The largest absolute Gasteiger partial charge is 0.351 e. The zero-order valence-electron chi connectivity index (χ0n) is 14.7. The molecule has 4 heteroatoms. The van der Waals surface area contributed by atoms with E-state index in [9.17, 15) is 0 Å². The lowest BCUT2D eigenvalue weighted by atomic mass is 10.0. The second-order valence-electron chi connectivity index (χ2n) is 6.41. The number of hydrogen-bond donors (Lipinski definition) is 1. The first-order chi connectivity index (χ1) is 9.99. The Labute approximate surface area is 135 Å². The Bertz CT molecular complexity index is 401. The van der Waals surface area contributed by atoms with Crippen molar-refractivity contribution in [2.75, 3.05) is 25.0 Å². The van der Waals surface area contributed by atoms with Crippen LogP contribution in [0.1, 0.15) is 70.4 Å². The Morgan fingerprint density at radius 1 is 1.24 bits per heavy atom. The lowest BCUT2D eigenvalue weighted by molar-refractivity contribution is 0.551. The van der Waals surface area contributed by atoms with Crippen LogP contribution in [-0.2, 0) is 6.54 Å². The molecule has 1 heterocycles. The first-order valence-electron chi connectivity index (χ1n) is 8.40. The van der Waals surface area contributed by atoms with Gasteiger partial charge in [0, 0.05) is 25.0 Å². The van der Waals surface area contributed by atoms with Crippen molar-refractivity contribution in [1.82, 2.24) is 10.3 Å². The minimum absolute atomic E-state index is 0.547. The molecule has 1 atom stereocenters. The second kappa shape index (κ2) is 9.42. The van der Waals surface area contributed by atoms with E-state index in [1.807, 2.05) is 11.3 Å². The Hall–Kier alpha value is -0.610. The molecule has 1 N–H and O–H groups in total. The highest BCUT2D eigenvalue weighted by atomic mass is 32.1. The molecule has 1 aromatic rings. The fraction of sp³-hybridized carbons (Fsp3) is 0.824. The number of aromatic nitrogens is 1. The normalized spacial score (nSPS) is 12.9. The predicted octanol–water partition coefficient (Wildman–Crippen LogP) is 4.64. The smallest absolute Gasteiger partial charge is 0.185 e. The summed E-state index contributed by atoms with van der Waals surface area (Å²) in [6, 6.07) is 0. The lowest BCUT2D eigenvalue weighted by Gasteiger charge is -2.14. The van der Waals surface area contributed by atoms with E-state index < -0.39 is 0 Å². The molecule has 0 aromatic carbocycles. The Morgan fingerprint density at radius 3 is 2.52 bits per heavy atom. The molecule has 1 rings (SSSR count). The van der Waals surface area contributed by atoms with Gasteiger partial charge >= 0.3 is 0 Å². The van der Waals surface area contributed by atoms with Crippen LogP contribution in [0.4, 0.5) is 5.13 Å². The molecule has 0 amide bonds. The molecule has 0 fully saturated rings. The van der Waals surface area contributed by atoms with Crippen LogP contribution in [-0.4, -0.2) is 25.1 Å². The highest BCUT2D eigenvalue weighted by Crippen LogP contribution is 2.31. The maximum absolute atomic E-state index is 4.94. The number of nitrogens with one attached hydrogen (secondary N) is 1. The van der Waals surface area contributed by atoms with Crippen molar-refractivity contribution in [1.29, 1.82) is 0 Å². The zero-order chi connectivity index (χ0) is 15.8. The van der Waals surface area contributed by atoms with Crippen molar-refractivity contribution < 1.29 is 0 Å². The molecule has 0 aliphatic rings. The molecular formula is C17H33N3S. The topological polar surface area (TPSA) is 28.2 Å². The number of thiazole rings is 1. The van der Waals surface area contributed by atoms with E-state index in [1.54, 1.807) is 0 Å². The van der Waals surface area contributed by atoms with Gasteiger partial charge in [0.2, 0.25) is 0 Å². The lowest BCUT2D eigenvalue weighted by Crippen LogP contribution is -2.19. The van der Waals surface area contributed by atoms with Gasteiger partial charge in [-0.05, 0) is 31.2 Å². The summed E-state index contributed by atoms with van der Waals surface area (Å²) in [5.74, 6) is 1.24. The van der Waals surface area contributed by atoms with Crippen molar-refractivity contribution in [3.8, 4) is 0 Å². The average molecular weight is 312 g/mol. The highest BCUT2D eigenvalue weighted by Gasteiger charge is 2.17. The number of nitrogens with zero attached hydrogens (tertiary/aromatic N) is 2. The van der Waals surface area contributed by atoms with Crippen LogP contribution in [0.3, 0.4) is 0 Å². The van der Waals surface area contributed by atoms with Gasteiger partial charge in [-0.25, -0.2) is 4.98 Å². The van der Waals surface area contributed by atoms with Crippen LogP contribution >= 0.6 is 11.3 Å². The van der Waals surface area contributed by atoms with E-state index in [0.717, 1.165) is 26.1 Å². The van der Waals surface area contributed by atoms with E-state index in [0.29, 0.717) is 11.8 Å². The summed E-state index contributed by atoms with van der Waals surface area (Å²) in [5, 5.41) is 4.75. The maximum atomic E-state index is 4.94. The molecule has 3 nitrogen and oxygen atoms in total. The minimum atomic E-state index is 0.547. The van der Waals surface area contributed by atoms with Crippen LogP contribution < -0.4 is 10.2 Å². The molecular weight excluding hydrogens is 278 g/mol. The third-order valence-corrected chi connectivity index (χ3v) is 4.99. The van der Waals surface area contributed by atoms with Crippen molar-refractivity contribution in [3.63, 3.8) is 0 Å². The average Bonchev–Trinajstić information content (AvgIpc) is 2.87. The highest BCUT2D eigenvalue weighted by molar-refractivity contribution is 7.15. The maximum Gasteiger partial charge on any atom is 0.185 e. The van der Waals surface area contributed by atoms with Gasteiger partial charge in [-0.2, -0.15) is 0 Å². The standard InChI is InChI=1S/C17H33N3S/c1-7-9-10-20(6)17-19-16(14(5)8-2)15(21-17)12-18-11-13(3)4/h13-14,18H,7-12H2,1-6H3. The summed E-state index contributed by atoms with van der Waals surface area (Å²) in [7, 11) is 2.17. The van der Waals surface area contributed by atoms with Crippen LogP contribution in [0.5, 0.6) is 0 Å². The first kappa shape index (κ1) is 18.4. The summed E-state index contributed by atoms with van der Waals surface area (Å²) < 4.78 is 0. The molecule has 1 unspecified atom stereocenters. The van der Waals surface area contributed by atoms with E-state index in [4.69, 9.17) is 4.98 Å². The summed E-state index contributed by atoms with van der Waals surface area (Å²) in [6.45, 7) is 14.4. The molecule has 0 aliphatic carbocycles. The number of hydrogen-bond acceptors (Lipinski definition) is 4. The first-order valence-corrected chi connectivity index (χ1v) is 9.22. The minimum Gasteiger partial charge on any atom is -0.351 e. The van der Waals surface area contributed by atoms with Gasteiger partial charge in [0.05, 0.1) is 5.69 Å². The summed E-state index contributed by atoms with van der Waals surface area (Å²) in [4.78, 5) is 8.67. The molecule has 1 aromatic heterocycles. The monoisotopic (exact) mass is 311 g/mol. The number of anilines is 1. The van der Waals surface area contributed by atoms with Crippen molar-refractivity contribution in [2.24, 2.45) is 5.92 Å². The molecule has 0 spiro atoms. The molecule has 0 saturated heterocycles. The van der Waals surface area contributed by atoms with Gasteiger partial charge in [0.1, 0.15) is 0 Å². The van der Waals surface area contributed by atoms with Crippen molar-refractivity contribution in [3.05, 3.63) is 10.6 Å². The summed E-state index contributed by atoms with van der Waals surface area (Å²) >= 11 is 1.87. The van der Waals surface area contributed by atoms with Crippen molar-refractivity contribution >= 4 is 16.5 Å². The van der Waals surface area contributed by atoms with E-state index in [-0.39, 0.29) is 0 Å². The van der Waals surface area contributed by atoms with Crippen LogP contribution in [0, 0.1) is 5.92 Å². The number of unbranched alkanes of at least 4 members (excludes halogenated alkanes) is 1. The van der Waals surface area contributed by atoms with Crippen LogP contribution in [0.2, 0.25) is 0 Å². The summed E-state index contributed by atoms with van der Waals surface area (Å²) in [6.07, 6.45) is 3.62. The Morgan fingerprint density at radius 2 is 1.95 bits per heavy atom. The molecule has 122 valence electrons. The van der Waals surface area contributed by atoms with Crippen LogP contribution in [0.25, 0.3) is 0 Å². The molecule has 21 heavy (non-hydrogen) atoms. The van der Waals surface area contributed by atoms with Gasteiger partial charge in [0.15, 0.2) is 5.13 Å². The third-order valence-electron chi connectivity index (χ3n) is 3.81. The second-order valence-corrected chi connectivity index (χ2v) is 7.48. The fourth-order valence-corrected chi connectivity index (χ4v) is 3.32. The predicted molar refractivity (Wildman–Crippen MR) is 95.5 cm³/mol. The third kappa shape index (κ3) is 5.95. The zero-order valence-corrected chi connectivity index (χ0v) is 15.5. The fourth-order valence-electron chi connectivity index (χ4n) is 2.18. The Balaban J connectivity index is 2.80. The van der Waals surface area contributed by atoms with Gasteiger partial charge in [-0.15, -0.1) is 11.3 Å². The Kier molecular flexibility index (Phi) is 8.27. The van der Waals surface area contributed by atoms with Gasteiger partial charge < -0.3 is 10.2 Å². The SMILES string of the molecule is CCCCN(C)c1nc(C(C)CC)c(CNCC(C)C)s1. The van der Waals surface area contributed by atoms with Crippen LogP contribution in [0.15, 0.2) is 0 Å². The summed E-state index contributed by atoms with van der Waals surface area (Å²) in [5.41, 5.74) is 1.30.